The van der Waals surface area contributed by atoms with Crippen LogP contribution in [0.15, 0.2) is 22.8 Å². The zero-order chi connectivity index (χ0) is 13.4. The van der Waals surface area contributed by atoms with E-state index in [1.807, 2.05) is 0 Å². The lowest BCUT2D eigenvalue weighted by molar-refractivity contribution is -0.129. The zero-order valence-electron chi connectivity index (χ0n) is 10.9. The summed E-state index contributed by atoms with van der Waals surface area (Å²) in [6.07, 6.45) is 2.32. The second-order valence-corrected chi connectivity index (χ2v) is 4.57. The van der Waals surface area contributed by atoms with E-state index in [0.717, 1.165) is 6.42 Å². The van der Waals surface area contributed by atoms with Gasteiger partial charge in [-0.15, -0.1) is 0 Å². The molecule has 1 heterocycles. The number of nitrogens with one attached hydrogen (secondary N) is 2. The molecule has 0 fully saturated rings. The molecule has 18 heavy (non-hydrogen) atoms. The number of carbonyl (C=O) groups excluding carboxylic acids is 2. The van der Waals surface area contributed by atoms with E-state index in [-0.39, 0.29) is 18.2 Å². The van der Waals surface area contributed by atoms with E-state index < -0.39 is 0 Å². The molecule has 0 aliphatic rings. The number of hydrogen-bond acceptors (Lipinski definition) is 3. The van der Waals surface area contributed by atoms with Crippen molar-refractivity contribution in [3.05, 3.63) is 24.2 Å². The molecule has 2 N–H and O–H groups in total. The smallest absolute Gasteiger partial charge is 0.229 e. The predicted octanol–water partition coefficient (Wildman–Crippen LogP) is 1.45. The van der Waals surface area contributed by atoms with Crippen LogP contribution in [0.4, 0.5) is 0 Å². The van der Waals surface area contributed by atoms with Gasteiger partial charge in [-0.25, -0.2) is 0 Å². The second kappa shape index (κ2) is 7.53. The summed E-state index contributed by atoms with van der Waals surface area (Å²) in [4.78, 5) is 22.8. The van der Waals surface area contributed by atoms with Crippen LogP contribution in [-0.2, 0) is 16.1 Å². The Hall–Kier alpha value is -1.78. The lowest BCUT2D eigenvalue weighted by Crippen LogP contribution is -2.32. The summed E-state index contributed by atoms with van der Waals surface area (Å²) in [5, 5.41) is 5.34. The Kier molecular flexibility index (Phi) is 5.97. The minimum Gasteiger partial charge on any atom is -0.467 e. The van der Waals surface area contributed by atoms with Gasteiger partial charge >= 0.3 is 0 Å². The SMILES string of the molecule is CC(C)CCNC(=O)CC(=O)NCc1ccco1. The third-order valence-electron chi connectivity index (χ3n) is 2.40. The van der Waals surface area contributed by atoms with E-state index >= 15 is 0 Å². The highest BCUT2D eigenvalue weighted by Gasteiger charge is 2.09. The van der Waals surface area contributed by atoms with Crippen LogP contribution in [0.25, 0.3) is 0 Å². The van der Waals surface area contributed by atoms with Crippen LogP contribution in [0, 0.1) is 5.92 Å². The third kappa shape index (κ3) is 6.08. The van der Waals surface area contributed by atoms with Gasteiger partial charge in [-0.1, -0.05) is 13.8 Å². The number of carbonyl (C=O) groups is 2. The van der Waals surface area contributed by atoms with Crippen molar-refractivity contribution in [2.45, 2.75) is 33.2 Å². The van der Waals surface area contributed by atoms with E-state index in [0.29, 0.717) is 24.8 Å². The Bertz CT molecular complexity index is 372. The van der Waals surface area contributed by atoms with Gasteiger partial charge in [-0.3, -0.25) is 9.59 Å². The van der Waals surface area contributed by atoms with E-state index in [1.165, 1.54) is 0 Å². The average Bonchev–Trinajstić information content (AvgIpc) is 2.78. The molecule has 1 aromatic rings. The molecule has 100 valence electrons. The highest BCUT2D eigenvalue weighted by molar-refractivity contribution is 5.96. The molecular formula is C13H20N2O3. The van der Waals surface area contributed by atoms with E-state index in [9.17, 15) is 9.59 Å². The first-order valence-electron chi connectivity index (χ1n) is 6.13. The van der Waals surface area contributed by atoms with Crippen molar-refractivity contribution in [1.82, 2.24) is 10.6 Å². The van der Waals surface area contributed by atoms with Gasteiger partial charge < -0.3 is 15.1 Å². The van der Waals surface area contributed by atoms with E-state index in [4.69, 9.17) is 4.42 Å². The van der Waals surface area contributed by atoms with Crippen molar-refractivity contribution in [2.24, 2.45) is 5.92 Å². The van der Waals surface area contributed by atoms with Gasteiger partial charge in [0.15, 0.2) is 0 Å². The summed E-state index contributed by atoms with van der Waals surface area (Å²) in [5.41, 5.74) is 0. The Labute approximate surface area is 107 Å². The zero-order valence-corrected chi connectivity index (χ0v) is 10.9. The van der Waals surface area contributed by atoms with Crippen LogP contribution >= 0.6 is 0 Å². The van der Waals surface area contributed by atoms with Gasteiger partial charge in [0, 0.05) is 6.54 Å². The van der Waals surface area contributed by atoms with Gasteiger partial charge in [0.05, 0.1) is 12.8 Å². The molecule has 0 saturated heterocycles. The van der Waals surface area contributed by atoms with Crippen molar-refractivity contribution in [2.75, 3.05) is 6.54 Å². The van der Waals surface area contributed by atoms with Crippen molar-refractivity contribution in [3.8, 4) is 0 Å². The molecule has 0 saturated carbocycles. The van der Waals surface area contributed by atoms with Crippen LogP contribution < -0.4 is 10.6 Å². The van der Waals surface area contributed by atoms with Crippen LogP contribution in [0.5, 0.6) is 0 Å². The van der Waals surface area contributed by atoms with E-state index in [2.05, 4.69) is 24.5 Å². The Morgan fingerprint density at radius 1 is 1.28 bits per heavy atom. The molecule has 0 aliphatic carbocycles. The van der Waals surface area contributed by atoms with Gasteiger partial charge in [0.1, 0.15) is 12.2 Å². The molecule has 0 aromatic carbocycles. The highest BCUT2D eigenvalue weighted by atomic mass is 16.3. The molecule has 5 nitrogen and oxygen atoms in total. The Balaban J connectivity index is 2.13. The molecule has 0 bridgehead atoms. The van der Waals surface area contributed by atoms with Crippen molar-refractivity contribution in [3.63, 3.8) is 0 Å². The summed E-state index contributed by atoms with van der Waals surface area (Å²) < 4.78 is 5.06. The molecule has 0 radical (unpaired) electrons. The number of furan rings is 1. The number of rotatable bonds is 7. The van der Waals surface area contributed by atoms with Crippen LogP contribution in [0.2, 0.25) is 0 Å². The lowest BCUT2D eigenvalue weighted by atomic mass is 10.1. The molecule has 1 aromatic heterocycles. The van der Waals surface area contributed by atoms with E-state index in [1.54, 1.807) is 18.4 Å². The molecular weight excluding hydrogens is 232 g/mol. The average molecular weight is 252 g/mol. The topological polar surface area (TPSA) is 71.3 Å². The quantitative estimate of drug-likeness (QED) is 0.721. The summed E-state index contributed by atoms with van der Waals surface area (Å²) in [6, 6.07) is 3.52. The molecule has 0 unspecified atom stereocenters. The number of amides is 2. The monoisotopic (exact) mass is 252 g/mol. The maximum absolute atomic E-state index is 11.4. The fourth-order valence-electron chi connectivity index (χ4n) is 1.37. The summed E-state index contributed by atoms with van der Waals surface area (Å²) in [5.74, 6) is 0.669. The molecule has 2 amide bonds. The fraction of sp³-hybridized carbons (Fsp3) is 0.538. The van der Waals surface area contributed by atoms with Crippen molar-refractivity contribution < 1.29 is 14.0 Å². The Morgan fingerprint density at radius 3 is 2.61 bits per heavy atom. The minimum atomic E-state index is -0.298. The van der Waals surface area contributed by atoms with Crippen molar-refractivity contribution >= 4 is 11.8 Å². The van der Waals surface area contributed by atoms with Crippen LogP contribution in [0.1, 0.15) is 32.4 Å². The molecule has 1 rings (SSSR count). The van der Waals surface area contributed by atoms with Crippen LogP contribution in [0.3, 0.4) is 0 Å². The first-order chi connectivity index (χ1) is 8.58. The normalized spacial score (nSPS) is 10.4. The van der Waals surface area contributed by atoms with Gasteiger partial charge in [0.25, 0.3) is 0 Å². The maximum Gasteiger partial charge on any atom is 0.229 e. The molecule has 0 spiro atoms. The largest absolute Gasteiger partial charge is 0.467 e. The van der Waals surface area contributed by atoms with Gasteiger partial charge in [-0.2, -0.15) is 0 Å². The first kappa shape index (κ1) is 14.3. The molecule has 0 aliphatic heterocycles. The number of hydrogen-bond donors (Lipinski definition) is 2. The first-order valence-corrected chi connectivity index (χ1v) is 6.13. The molecule has 5 heteroatoms. The summed E-state index contributed by atoms with van der Waals surface area (Å²) in [7, 11) is 0. The third-order valence-corrected chi connectivity index (χ3v) is 2.40. The fourth-order valence-corrected chi connectivity index (χ4v) is 1.37. The minimum absolute atomic E-state index is 0.140. The molecule has 0 atom stereocenters. The summed E-state index contributed by atoms with van der Waals surface area (Å²) in [6.45, 7) is 5.09. The van der Waals surface area contributed by atoms with Crippen molar-refractivity contribution in [1.29, 1.82) is 0 Å². The predicted molar refractivity (Wildman–Crippen MR) is 67.6 cm³/mol. The standard InChI is InChI=1S/C13H20N2O3/c1-10(2)5-6-14-12(16)8-13(17)15-9-11-4-3-7-18-11/h3-4,7,10H,5-6,8-9H2,1-2H3,(H,14,16)(H,15,17). The lowest BCUT2D eigenvalue weighted by Gasteiger charge is -2.07. The van der Waals surface area contributed by atoms with Gasteiger partial charge in [-0.05, 0) is 24.5 Å². The van der Waals surface area contributed by atoms with Gasteiger partial charge in [0.2, 0.25) is 11.8 Å². The second-order valence-electron chi connectivity index (χ2n) is 4.57. The van der Waals surface area contributed by atoms with Crippen LogP contribution in [-0.4, -0.2) is 18.4 Å². The highest BCUT2D eigenvalue weighted by Crippen LogP contribution is 1.99. The Morgan fingerprint density at radius 2 is 2.00 bits per heavy atom. The maximum atomic E-state index is 11.4. The summed E-state index contributed by atoms with van der Waals surface area (Å²) >= 11 is 0.